The van der Waals surface area contributed by atoms with Crippen LogP contribution in [0.15, 0.2) is 30.3 Å². The lowest BCUT2D eigenvalue weighted by Crippen LogP contribution is -2.54. The van der Waals surface area contributed by atoms with Crippen LogP contribution in [0, 0.1) is 5.92 Å². The zero-order chi connectivity index (χ0) is 14.6. The highest BCUT2D eigenvalue weighted by atomic mass is 19.3. The molecule has 0 spiro atoms. The predicted molar refractivity (Wildman–Crippen MR) is 78.0 cm³/mol. The molecule has 0 bridgehead atoms. The fraction of sp³-hybridized carbons (Fsp3) is 0.625. The lowest BCUT2D eigenvalue weighted by atomic mass is 9.99. The van der Waals surface area contributed by atoms with Gasteiger partial charge in [0, 0.05) is 31.2 Å². The van der Waals surface area contributed by atoms with Gasteiger partial charge in [-0.15, -0.1) is 0 Å². The smallest absolute Gasteiger partial charge is 0.285 e. The van der Waals surface area contributed by atoms with Crippen molar-refractivity contribution < 1.29 is 8.78 Å². The number of nitrogens with zero attached hydrogens (tertiary/aromatic N) is 1. The van der Waals surface area contributed by atoms with Crippen molar-refractivity contribution in [3.8, 4) is 0 Å². The van der Waals surface area contributed by atoms with E-state index < -0.39 is 5.92 Å². The molecule has 1 aliphatic heterocycles. The maximum atomic E-state index is 14.4. The molecule has 1 fully saturated rings. The van der Waals surface area contributed by atoms with E-state index in [1.54, 1.807) is 18.2 Å². The molecular formula is C16H24F2N2. The number of rotatable bonds is 5. The van der Waals surface area contributed by atoms with Gasteiger partial charge >= 0.3 is 0 Å². The summed E-state index contributed by atoms with van der Waals surface area (Å²) in [6, 6.07) is 8.35. The average Bonchev–Trinajstić information content (AvgIpc) is 2.41. The highest BCUT2D eigenvalue weighted by Gasteiger charge is 2.36. The SMILES string of the molecule is CC(C)CC1CNCCN1CC(F)(F)c1ccccc1. The molecule has 1 saturated heterocycles. The second kappa shape index (κ2) is 6.64. The third kappa shape index (κ3) is 4.00. The van der Waals surface area contributed by atoms with E-state index in [2.05, 4.69) is 19.2 Å². The van der Waals surface area contributed by atoms with Gasteiger partial charge in [-0.3, -0.25) is 4.90 Å². The zero-order valence-electron chi connectivity index (χ0n) is 12.3. The van der Waals surface area contributed by atoms with Crippen LogP contribution in [-0.4, -0.2) is 37.1 Å². The van der Waals surface area contributed by atoms with E-state index in [4.69, 9.17) is 0 Å². The molecule has 2 rings (SSSR count). The molecule has 1 atom stereocenters. The van der Waals surface area contributed by atoms with Gasteiger partial charge in [0.1, 0.15) is 0 Å². The Kier molecular flexibility index (Phi) is 5.11. The number of piperazine rings is 1. The Bertz CT molecular complexity index is 406. The van der Waals surface area contributed by atoms with Crippen molar-refractivity contribution in [2.75, 3.05) is 26.2 Å². The third-order valence-corrected chi connectivity index (χ3v) is 3.81. The molecule has 1 heterocycles. The van der Waals surface area contributed by atoms with Crippen LogP contribution in [0.3, 0.4) is 0 Å². The van der Waals surface area contributed by atoms with Gasteiger partial charge in [0.2, 0.25) is 0 Å². The number of hydrogen-bond acceptors (Lipinski definition) is 2. The van der Waals surface area contributed by atoms with Crippen molar-refractivity contribution >= 4 is 0 Å². The van der Waals surface area contributed by atoms with E-state index in [0.29, 0.717) is 12.5 Å². The maximum absolute atomic E-state index is 14.4. The van der Waals surface area contributed by atoms with Crippen LogP contribution in [0.4, 0.5) is 8.78 Å². The topological polar surface area (TPSA) is 15.3 Å². The van der Waals surface area contributed by atoms with Crippen molar-refractivity contribution in [2.24, 2.45) is 5.92 Å². The summed E-state index contributed by atoms with van der Waals surface area (Å²) in [4.78, 5) is 1.95. The Labute approximate surface area is 120 Å². The number of nitrogens with one attached hydrogen (secondary N) is 1. The normalized spacial score (nSPS) is 21.4. The lowest BCUT2D eigenvalue weighted by molar-refractivity contribution is -0.0540. The second-order valence-corrected chi connectivity index (χ2v) is 6.03. The van der Waals surface area contributed by atoms with Crippen LogP contribution in [0.1, 0.15) is 25.8 Å². The van der Waals surface area contributed by atoms with Gasteiger partial charge in [-0.1, -0.05) is 44.2 Å². The Hall–Kier alpha value is -1.00. The first-order valence-corrected chi connectivity index (χ1v) is 7.37. The molecule has 0 radical (unpaired) electrons. The molecule has 1 aliphatic rings. The fourth-order valence-electron chi connectivity index (χ4n) is 2.82. The average molecular weight is 282 g/mol. The summed E-state index contributed by atoms with van der Waals surface area (Å²) >= 11 is 0. The quantitative estimate of drug-likeness (QED) is 0.893. The van der Waals surface area contributed by atoms with Crippen LogP contribution < -0.4 is 5.32 Å². The molecule has 1 aromatic rings. The minimum Gasteiger partial charge on any atom is -0.314 e. The van der Waals surface area contributed by atoms with Gasteiger partial charge in [0.25, 0.3) is 5.92 Å². The Morgan fingerprint density at radius 2 is 2.00 bits per heavy atom. The molecule has 112 valence electrons. The van der Waals surface area contributed by atoms with Gasteiger partial charge < -0.3 is 5.32 Å². The van der Waals surface area contributed by atoms with Crippen molar-refractivity contribution in [2.45, 2.75) is 32.2 Å². The van der Waals surface area contributed by atoms with Crippen molar-refractivity contribution in [1.29, 1.82) is 0 Å². The van der Waals surface area contributed by atoms with Gasteiger partial charge in [0.15, 0.2) is 0 Å². The highest BCUT2D eigenvalue weighted by Crippen LogP contribution is 2.30. The summed E-state index contributed by atoms with van der Waals surface area (Å²) < 4.78 is 28.8. The summed E-state index contributed by atoms with van der Waals surface area (Å²) in [6.45, 7) is 6.39. The lowest BCUT2D eigenvalue weighted by Gasteiger charge is -2.39. The number of benzene rings is 1. The highest BCUT2D eigenvalue weighted by molar-refractivity contribution is 5.20. The predicted octanol–water partition coefficient (Wildman–Crippen LogP) is 3.10. The van der Waals surface area contributed by atoms with Crippen LogP contribution in [0.25, 0.3) is 0 Å². The van der Waals surface area contributed by atoms with Crippen LogP contribution in [-0.2, 0) is 5.92 Å². The van der Waals surface area contributed by atoms with E-state index in [9.17, 15) is 8.78 Å². The summed E-state index contributed by atoms with van der Waals surface area (Å²) in [7, 11) is 0. The van der Waals surface area contributed by atoms with Crippen molar-refractivity contribution in [3.63, 3.8) is 0 Å². The Morgan fingerprint density at radius 1 is 1.30 bits per heavy atom. The largest absolute Gasteiger partial charge is 0.314 e. The van der Waals surface area contributed by atoms with Gasteiger partial charge in [0.05, 0.1) is 6.54 Å². The van der Waals surface area contributed by atoms with E-state index in [1.165, 1.54) is 12.1 Å². The van der Waals surface area contributed by atoms with Gasteiger partial charge in [-0.25, -0.2) is 0 Å². The summed E-state index contributed by atoms with van der Waals surface area (Å²) in [5.41, 5.74) is 0.113. The molecule has 20 heavy (non-hydrogen) atoms. The molecule has 1 aromatic carbocycles. The summed E-state index contributed by atoms with van der Waals surface area (Å²) in [6.07, 6.45) is 0.956. The molecule has 0 saturated carbocycles. The van der Waals surface area contributed by atoms with E-state index in [0.717, 1.165) is 19.5 Å². The van der Waals surface area contributed by atoms with E-state index in [-0.39, 0.29) is 18.2 Å². The standard InChI is InChI=1S/C16H24F2N2/c1-13(2)10-15-11-19-8-9-20(15)12-16(17,18)14-6-4-3-5-7-14/h3-7,13,15,19H,8-12H2,1-2H3. The minimum atomic E-state index is -2.78. The molecular weight excluding hydrogens is 258 g/mol. The third-order valence-electron chi connectivity index (χ3n) is 3.81. The molecule has 0 aromatic heterocycles. The second-order valence-electron chi connectivity index (χ2n) is 6.03. The molecule has 2 nitrogen and oxygen atoms in total. The van der Waals surface area contributed by atoms with Crippen LogP contribution >= 0.6 is 0 Å². The van der Waals surface area contributed by atoms with E-state index in [1.807, 2.05) is 4.90 Å². The molecule has 1 unspecified atom stereocenters. The van der Waals surface area contributed by atoms with Crippen molar-refractivity contribution in [1.82, 2.24) is 10.2 Å². The number of alkyl halides is 2. The van der Waals surface area contributed by atoms with Gasteiger partial charge in [-0.2, -0.15) is 8.78 Å². The maximum Gasteiger partial charge on any atom is 0.285 e. The first-order chi connectivity index (χ1) is 9.49. The first-order valence-electron chi connectivity index (χ1n) is 7.37. The fourth-order valence-corrected chi connectivity index (χ4v) is 2.82. The Balaban J connectivity index is 2.06. The van der Waals surface area contributed by atoms with E-state index >= 15 is 0 Å². The molecule has 0 amide bonds. The van der Waals surface area contributed by atoms with Gasteiger partial charge in [-0.05, 0) is 12.3 Å². The summed E-state index contributed by atoms with van der Waals surface area (Å²) in [5.74, 6) is -2.26. The molecule has 1 N–H and O–H groups in total. The zero-order valence-corrected chi connectivity index (χ0v) is 12.3. The summed E-state index contributed by atoms with van der Waals surface area (Å²) in [5, 5.41) is 3.31. The molecule has 4 heteroatoms. The number of hydrogen-bond donors (Lipinski definition) is 1. The first kappa shape index (κ1) is 15.4. The van der Waals surface area contributed by atoms with Crippen LogP contribution in [0.2, 0.25) is 0 Å². The number of halogens is 2. The van der Waals surface area contributed by atoms with Crippen LogP contribution in [0.5, 0.6) is 0 Å². The molecule has 0 aliphatic carbocycles. The monoisotopic (exact) mass is 282 g/mol. The van der Waals surface area contributed by atoms with Crippen molar-refractivity contribution in [3.05, 3.63) is 35.9 Å². The minimum absolute atomic E-state index is 0.113. The Morgan fingerprint density at radius 3 is 2.65 bits per heavy atom.